The molecule has 0 aromatic heterocycles. The topological polar surface area (TPSA) is 18.5 Å². The highest BCUT2D eigenvalue weighted by Gasteiger charge is 2.20. The molecule has 3 rings (SSSR count). The Hall–Kier alpha value is -1.85. The highest BCUT2D eigenvalue weighted by molar-refractivity contribution is 5.63. The van der Waals surface area contributed by atoms with Gasteiger partial charge < -0.3 is 9.47 Å². The minimum Gasteiger partial charge on any atom is -0.352 e. The molecule has 0 spiro atoms. The molecule has 2 aromatic carbocycles. The predicted molar refractivity (Wildman–Crippen MR) is 89.5 cm³/mol. The van der Waals surface area contributed by atoms with Crippen molar-refractivity contribution in [1.82, 2.24) is 0 Å². The highest BCUT2D eigenvalue weighted by Crippen LogP contribution is 2.25. The second-order valence-corrected chi connectivity index (χ2v) is 6.36. The maximum absolute atomic E-state index is 13.3. The third-order valence-corrected chi connectivity index (χ3v) is 4.55. The van der Waals surface area contributed by atoms with Gasteiger partial charge in [0.25, 0.3) is 0 Å². The summed E-state index contributed by atoms with van der Waals surface area (Å²) in [6, 6.07) is 9.34. The first-order valence-electron chi connectivity index (χ1n) is 8.54. The van der Waals surface area contributed by atoms with Crippen LogP contribution in [0.3, 0.4) is 0 Å². The van der Waals surface area contributed by atoms with Crippen LogP contribution < -0.4 is 0 Å². The van der Waals surface area contributed by atoms with Gasteiger partial charge in [0.1, 0.15) is 0 Å². The van der Waals surface area contributed by atoms with Gasteiger partial charge in [-0.15, -0.1) is 0 Å². The fourth-order valence-corrected chi connectivity index (χ4v) is 2.86. The molecule has 0 amide bonds. The van der Waals surface area contributed by atoms with Crippen LogP contribution in [-0.4, -0.2) is 19.5 Å². The molecular weight excluding hydrogens is 329 g/mol. The smallest absolute Gasteiger partial charge is 0.194 e. The maximum Gasteiger partial charge on any atom is 0.194 e. The molecule has 0 aliphatic carbocycles. The van der Waals surface area contributed by atoms with Crippen LogP contribution in [0.5, 0.6) is 0 Å². The zero-order valence-corrected chi connectivity index (χ0v) is 14.1. The van der Waals surface area contributed by atoms with Crippen molar-refractivity contribution in [3.63, 3.8) is 0 Å². The highest BCUT2D eigenvalue weighted by atomic mass is 19.2. The lowest BCUT2D eigenvalue weighted by molar-refractivity contribution is -0.202. The SMILES string of the molecule is CCC1COC(CCc2ccc(-c3cc(F)c(F)c(F)c3)cc2)OC1. The lowest BCUT2D eigenvalue weighted by Crippen LogP contribution is -2.32. The summed E-state index contributed by atoms with van der Waals surface area (Å²) in [7, 11) is 0. The summed E-state index contributed by atoms with van der Waals surface area (Å²) < 4.78 is 51.1. The van der Waals surface area contributed by atoms with Crippen molar-refractivity contribution in [2.75, 3.05) is 13.2 Å². The number of halogens is 3. The zero-order valence-electron chi connectivity index (χ0n) is 14.1. The molecule has 1 aliphatic rings. The van der Waals surface area contributed by atoms with E-state index in [1.807, 2.05) is 12.1 Å². The van der Waals surface area contributed by atoms with E-state index in [2.05, 4.69) is 6.92 Å². The molecule has 0 unspecified atom stereocenters. The van der Waals surface area contributed by atoms with E-state index >= 15 is 0 Å². The molecule has 0 N–H and O–H groups in total. The quantitative estimate of drug-likeness (QED) is 0.698. The van der Waals surface area contributed by atoms with E-state index in [1.165, 1.54) is 0 Å². The van der Waals surface area contributed by atoms with Crippen molar-refractivity contribution < 1.29 is 22.6 Å². The Bertz CT molecular complexity index is 684. The molecule has 0 radical (unpaired) electrons. The maximum atomic E-state index is 13.3. The third-order valence-electron chi connectivity index (χ3n) is 4.55. The summed E-state index contributed by atoms with van der Waals surface area (Å²) in [5.74, 6) is -3.34. The van der Waals surface area contributed by atoms with Gasteiger partial charge in [-0.05, 0) is 41.7 Å². The van der Waals surface area contributed by atoms with Gasteiger partial charge in [0.05, 0.1) is 13.2 Å². The number of benzene rings is 2. The summed E-state index contributed by atoms with van der Waals surface area (Å²) in [5.41, 5.74) is 2.03. The van der Waals surface area contributed by atoms with Crippen molar-refractivity contribution >= 4 is 0 Å². The normalized spacial score (nSPS) is 20.6. The molecule has 1 aliphatic heterocycles. The Morgan fingerprint density at radius 1 is 0.920 bits per heavy atom. The first-order valence-corrected chi connectivity index (χ1v) is 8.54. The van der Waals surface area contributed by atoms with E-state index in [0.717, 1.165) is 50.2 Å². The summed E-state index contributed by atoms with van der Waals surface area (Å²) >= 11 is 0. The molecular formula is C20H21F3O2. The molecule has 2 nitrogen and oxygen atoms in total. The third kappa shape index (κ3) is 4.41. The van der Waals surface area contributed by atoms with Crippen LogP contribution in [0, 0.1) is 23.4 Å². The molecule has 25 heavy (non-hydrogen) atoms. The molecule has 1 fully saturated rings. The zero-order chi connectivity index (χ0) is 17.8. The van der Waals surface area contributed by atoms with Gasteiger partial charge >= 0.3 is 0 Å². The van der Waals surface area contributed by atoms with Crippen molar-refractivity contribution in [2.24, 2.45) is 5.92 Å². The van der Waals surface area contributed by atoms with Gasteiger partial charge in [-0.1, -0.05) is 31.2 Å². The standard InChI is InChI=1S/C20H21F3O2/c1-2-13-11-24-19(25-12-13)8-5-14-3-6-15(7-4-14)16-9-17(21)20(23)18(22)10-16/h3-4,6-7,9-10,13,19H,2,5,8,11-12H2,1H3. The monoisotopic (exact) mass is 350 g/mol. The van der Waals surface area contributed by atoms with Crippen LogP contribution in [0.2, 0.25) is 0 Å². The fraction of sp³-hybridized carbons (Fsp3) is 0.400. The summed E-state index contributed by atoms with van der Waals surface area (Å²) in [6.07, 6.45) is 2.42. The van der Waals surface area contributed by atoms with Crippen molar-refractivity contribution in [3.05, 3.63) is 59.4 Å². The number of aryl methyl sites for hydroxylation is 1. The molecule has 2 aromatic rings. The van der Waals surface area contributed by atoms with Crippen molar-refractivity contribution in [1.29, 1.82) is 0 Å². The van der Waals surface area contributed by atoms with Crippen LogP contribution in [0.4, 0.5) is 13.2 Å². The molecule has 1 heterocycles. The van der Waals surface area contributed by atoms with Gasteiger partial charge in [0, 0.05) is 12.3 Å². The molecule has 0 atom stereocenters. The van der Waals surface area contributed by atoms with Gasteiger partial charge in [-0.3, -0.25) is 0 Å². The number of ether oxygens (including phenoxy) is 2. The van der Waals surface area contributed by atoms with Crippen LogP contribution in [-0.2, 0) is 15.9 Å². The van der Waals surface area contributed by atoms with E-state index in [-0.39, 0.29) is 6.29 Å². The molecule has 1 saturated heterocycles. The number of hydrogen-bond donors (Lipinski definition) is 0. The van der Waals surface area contributed by atoms with E-state index < -0.39 is 17.5 Å². The fourth-order valence-electron chi connectivity index (χ4n) is 2.86. The van der Waals surface area contributed by atoms with Gasteiger partial charge in [-0.2, -0.15) is 0 Å². The summed E-state index contributed by atoms with van der Waals surface area (Å²) in [4.78, 5) is 0. The molecule has 0 saturated carbocycles. The Morgan fingerprint density at radius 2 is 1.52 bits per heavy atom. The first-order chi connectivity index (χ1) is 12.1. The van der Waals surface area contributed by atoms with Crippen molar-refractivity contribution in [2.45, 2.75) is 32.5 Å². The molecule has 5 heteroatoms. The Balaban J connectivity index is 1.59. The predicted octanol–water partition coefficient (Wildman–Crippen LogP) is 5.10. The van der Waals surface area contributed by atoms with E-state index in [9.17, 15) is 13.2 Å². The van der Waals surface area contributed by atoms with Crippen molar-refractivity contribution in [3.8, 4) is 11.1 Å². The Kier molecular flexibility index (Phi) is 5.76. The second-order valence-electron chi connectivity index (χ2n) is 6.36. The minimum absolute atomic E-state index is 0.178. The largest absolute Gasteiger partial charge is 0.352 e. The lowest BCUT2D eigenvalue weighted by atomic mass is 10.0. The molecule has 0 bridgehead atoms. The summed E-state index contributed by atoms with van der Waals surface area (Å²) in [6.45, 7) is 3.60. The van der Waals surface area contributed by atoms with Gasteiger partial charge in [-0.25, -0.2) is 13.2 Å². The first kappa shape index (κ1) is 18.0. The molecule has 134 valence electrons. The van der Waals surface area contributed by atoms with Crippen LogP contribution in [0.15, 0.2) is 36.4 Å². The van der Waals surface area contributed by atoms with Gasteiger partial charge in [0.2, 0.25) is 0 Å². The summed E-state index contributed by atoms with van der Waals surface area (Å²) in [5, 5.41) is 0. The number of rotatable bonds is 5. The lowest BCUT2D eigenvalue weighted by Gasteiger charge is -2.28. The van der Waals surface area contributed by atoms with E-state index in [4.69, 9.17) is 9.47 Å². The second kappa shape index (κ2) is 8.02. The van der Waals surface area contributed by atoms with Crippen LogP contribution in [0.25, 0.3) is 11.1 Å². The average Bonchev–Trinajstić information content (AvgIpc) is 2.65. The van der Waals surface area contributed by atoms with Gasteiger partial charge in [0.15, 0.2) is 23.7 Å². The van der Waals surface area contributed by atoms with Crippen LogP contribution in [0.1, 0.15) is 25.3 Å². The minimum atomic E-state index is -1.45. The number of hydrogen-bond acceptors (Lipinski definition) is 2. The van der Waals surface area contributed by atoms with E-state index in [1.54, 1.807) is 12.1 Å². The van der Waals surface area contributed by atoms with E-state index in [0.29, 0.717) is 17.0 Å². The Morgan fingerprint density at radius 3 is 2.08 bits per heavy atom. The average molecular weight is 350 g/mol. The Labute approximate surface area is 145 Å². The van der Waals surface area contributed by atoms with Crippen LogP contribution >= 0.6 is 0 Å².